The van der Waals surface area contributed by atoms with Crippen LogP contribution < -0.4 is 32.9 Å². The molecule has 0 amide bonds. The highest BCUT2D eigenvalue weighted by Crippen LogP contribution is 2.67. The van der Waals surface area contributed by atoms with Crippen molar-refractivity contribution >= 4 is 31.2 Å². The van der Waals surface area contributed by atoms with E-state index in [-0.39, 0.29) is 33.6 Å². The van der Waals surface area contributed by atoms with Crippen LogP contribution in [0.15, 0.2) is 91.0 Å². The summed E-state index contributed by atoms with van der Waals surface area (Å²) in [6.07, 6.45) is 0. The first-order valence-electron chi connectivity index (χ1n) is 12.1. The lowest BCUT2D eigenvalue weighted by Gasteiger charge is -2.38. The van der Waals surface area contributed by atoms with Crippen LogP contribution in [-0.4, -0.2) is 13.7 Å². The van der Waals surface area contributed by atoms with Crippen LogP contribution in [0.2, 0.25) is 16.6 Å². The Balaban J connectivity index is 0.00000432. The third-order valence-electron chi connectivity index (χ3n) is 7.15. The smallest absolute Gasteiger partial charge is 0.430 e. The summed E-state index contributed by atoms with van der Waals surface area (Å²) in [6, 6.07) is 27.9. The van der Waals surface area contributed by atoms with Crippen molar-refractivity contribution < 1.29 is 25.8 Å². The van der Waals surface area contributed by atoms with E-state index in [2.05, 4.69) is 53.0 Å². The van der Waals surface area contributed by atoms with Gasteiger partial charge in [0.2, 0.25) is 0 Å². The zero-order chi connectivity index (χ0) is 25.0. The molecule has 0 aromatic heterocycles. The first-order chi connectivity index (χ1) is 16.1. The maximum absolute atomic E-state index is 17.0. The highest BCUT2D eigenvalue weighted by atomic mass is 79.9. The van der Waals surface area contributed by atoms with Gasteiger partial charge in [0.25, 0.3) is 0 Å². The number of hydrogen-bond donors (Lipinski definition) is 0. The zero-order valence-electron chi connectivity index (χ0n) is 21.5. The van der Waals surface area contributed by atoms with Crippen molar-refractivity contribution in [2.75, 3.05) is 0 Å². The molecule has 0 spiro atoms. The Hall–Kier alpha value is -1.79. The predicted octanol–water partition coefficient (Wildman–Crippen LogP) is 4.80. The van der Waals surface area contributed by atoms with Crippen LogP contribution in [0.4, 0.5) is 8.78 Å². The van der Waals surface area contributed by atoms with Crippen molar-refractivity contribution in [1.82, 2.24) is 0 Å². The van der Waals surface area contributed by atoms with E-state index in [1.54, 1.807) is 0 Å². The third-order valence-corrected chi connectivity index (χ3v) is 17.6. The number of rotatable bonds is 7. The topological polar surface area (TPSA) is 0 Å². The maximum atomic E-state index is 17.0. The van der Waals surface area contributed by atoms with Crippen molar-refractivity contribution in [2.45, 2.75) is 63.8 Å². The number of hydrogen-bond acceptors (Lipinski definition) is 0. The Morgan fingerprint density at radius 3 is 1.14 bits per heavy atom. The van der Waals surface area contributed by atoms with Crippen LogP contribution in [0, 0.1) is 11.5 Å². The van der Waals surface area contributed by atoms with Crippen molar-refractivity contribution in [1.29, 1.82) is 0 Å². The minimum atomic E-state index is -3.42. The van der Waals surface area contributed by atoms with Gasteiger partial charge in [-0.2, -0.15) is 8.78 Å². The molecule has 186 valence electrons. The molecule has 0 N–H and O–H groups in total. The molecule has 0 saturated carbocycles. The number of alkyl halides is 2. The van der Waals surface area contributed by atoms with Gasteiger partial charge in [0, 0.05) is 5.92 Å². The van der Waals surface area contributed by atoms with E-state index in [0.717, 1.165) is 0 Å². The van der Waals surface area contributed by atoms with Gasteiger partial charge in [-0.05, 0) is 53.0 Å². The SMILES string of the molecule is CC(C)[Si](C#CC(F)(F)[P+](c1ccccc1)(c1ccccc1)c1ccccc1)(C(C)C)C(C)C.[Br-]. The molecule has 0 aliphatic rings. The van der Waals surface area contributed by atoms with Gasteiger partial charge in [-0.1, -0.05) is 96.1 Å². The molecule has 3 aromatic carbocycles. The van der Waals surface area contributed by atoms with Crippen LogP contribution in [0.1, 0.15) is 41.5 Å². The lowest BCUT2D eigenvalue weighted by Crippen LogP contribution is -3.00. The van der Waals surface area contributed by atoms with E-state index in [1.165, 1.54) is 0 Å². The highest BCUT2D eigenvalue weighted by Gasteiger charge is 2.65. The van der Waals surface area contributed by atoms with Gasteiger partial charge in [-0.3, -0.25) is 0 Å². The van der Waals surface area contributed by atoms with Crippen molar-refractivity contribution in [3.8, 4) is 11.5 Å². The van der Waals surface area contributed by atoms with Gasteiger partial charge in [0.15, 0.2) is 7.26 Å². The third kappa shape index (κ3) is 5.34. The lowest BCUT2D eigenvalue weighted by molar-refractivity contribution is -0.0000107. The van der Waals surface area contributed by atoms with Gasteiger partial charge < -0.3 is 17.0 Å². The molecule has 0 saturated heterocycles. The fourth-order valence-electron chi connectivity index (χ4n) is 5.59. The second-order valence-corrected chi connectivity index (χ2v) is 18.9. The van der Waals surface area contributed by atoms with Gasteiger partial charge >= 0.3 is 5.66 Å². The van der Waals surface area contributed by atoms with Gasteiger partial charge in [-0.25, -0.2) is 0 Å². The largest absolute Gasteiger partial charge is 1.00 e. The molecule has 3 rings (SSSR count). The van der Waals surface area contributed by atoms with Gasteiger partial charge in [0.1, 0.15) is 24.0 Å². The van der Waals surface area contributed by atoms with Crippen molar-refractivity contribution in [2.24, 2.45) is 0 Å². The Labute approximate surface area is 222 Å². The summed E-state index contributed by atoms with van der Waals surface area (Å²) in [7, 11) is -5.76. The normalized spacial score (nSPS) is 12.3. The second-order valence-electron chi connectivity index (χ2n) is 9.87. The van der Waals surface area contributed by atoms with Crippen LogP contribution in [0.3, 0.4) is 0 Å². The molecule has 0 aliphatic carbocycles. The Bertz CT molecular complexity index is 1000. The maximum Gasteiger partial charge on any atom is 0.430 e. The van der Waals surface area contributed by atoms with E-state index >= 15 is 8.78 Å². The molecular formula is C30H36BrF2PSi. The van der Waals surface area contributed by atoms with E-state index in [9.17, 15) is 0 Å². The molecule has 0 bridgehead atoms. The highest BCUT2D eigenvalue weighted by molar-refractivity contribution is 7.96. The molecule has 0 heterocycles. The fourth-order valence-corrected chi connectivity index (χ4v) is 14.9. The summed E-state index contributed by atoms with van der Waals surface area (Å²) >= 11 is 0. The molecule has 35 heavy (non-hydrogen) atoms. The van der Waals surface area contributed by atoms with Crippen molar-refractivity contribution in [3.05, 3.63) is 91.0 Å². The van der Waals surface area contributed by atoms with Crippen LogP contribution >= 0.6 is 7.26 Å². The fraction of sp³-hybridized carbons (Fsp3) is 0.333. The van der Waals surface area contributed by atoms with E-state index < -0.39 is 21.0 Å². The van der Waals surface area contributed by atoms with Crippen LogP contribution in [0.5, 0.6) is 0 Å². The first-order valence-corrected chi connectivity index (χ1v) is 16.1. The summed E-state index contributed by atoms with van der Waals surface area (Å²) < 4.78 is 34.0. The Morgan fingerprint density at radius 1 is 0.600 bits per heavy atom. The average molecular weight is 574 g/mol. The molecule has 5 heteroatoms. The van der Waals surface area contributed by atoms with E-state index in [4.69, 9.17) is 0 Å². The quantitative estimate of drug-likeness (QED) is 0.217. The summed E-state index contributed by atoms with van der Waals surface area (Å²) in [4.78, 5) is 0. The molecule has 0 atom stereocenters. The lowest BCUT2D eigenvalue weighted by atomic mass is 10.4. The molecule has 3 aromatic rings. The van der Waals surface area contributed by atoms with Crippen molar-refractivity contribution in [3.63, 3.8) is 0 Å². The molecule has 0 radical (unpaired) electrons. The minimum absolute atomic E-state index is 0. The minimum Gasteiger partial charge on any atom is -1.00 e. The first kappa shape index (κ1) is 29.4. The molecule has 0 aliphatic heterocycles. The summed E-state index contributed by atoms with van der Waals surface area (Å²) in [6.45, 7) is 13.0. The number of halogens is 3. The molecule has 0 unspecified atom stereocenters. The zero-order valence-corrected chi connectivity index (χ0v) is 25.0. The Kier molecular flexibility index (Phi) is 10.1. The standard InChI is InChI=1S/C30H36F2PSi.BrH/c1-24(2)34(25(3)4,26(5)6)23-22-30(31,32)33(27-16-10-7-11-17-27,28-18-12-8-13-19-28)29-20-14-9-15-21-29;/h7-21,24-26H,1-6H3;1H/q+1;/p-1. The van der Waals surface area contributed by atoms with Crippen LogP contribution in [0.25, 0.3) is 0 Å². The predicted molar refractivity (Wildman–Crippen MR) is 149 cm³/mol. The average Bonchev–Trinajstić information content (AvgIpc) is 2.81. The monoisotopic (exact) mass is 572 g/mol. The summed E-state index contributed by atoms with van der Waals surface area (Å²) in [5.41, 5.74) is 0.982. The van der Waals surface area contributed by atoms with E-state index in [1.807, 2.05) is 91.0 Å². The van der Waals surface area contributed by atoms with Gasteiger partial charge in [0.05, 0.1) is 0 Å². The molecular weight excluding hydrogens is 537 g/mol. The summed E-state index contributed by atoms with van der Waals surface area (Å²) in [5, 5.41) is 1.95. The second kappa shape index (κ2) is 12.0. The number of benzene rings is 3. The molecule has 0 nitrogen and oxygen atoms in total. The molecule has 0 fully saturated rings. The van der Waals surface area contributed by atoms with E-state index in [0.29, 0.717) is 15.9 Å². The van der Waals surface area contributed by atoms with Crippen LogP contribution in [-0.2, 0) is 0 Å². The summed E-state index contributed by atoms with van der Waals surface area (Å²) in [5.74, 6) is 2.71. The Morgan fingerprint density at radius 2 is 0.886 bits per heavy atom. The van der Waals surface area contributed by atoms with Gasteiger partial charge in [-0.15, -0.1) is 5.54 Å².